The van der Waals surface area contributed by atoms with E-state index in [2.05, 4.69) is 0 Å². The third-order valence-electron chi connectivity index (χ3n) is 1.97. The maximum Gasteiger partial charge on any atom is 0.248 e. The van der Waals surface area contributed by atoms with Gasteiger partial charge in [0.15, 0.2) is 0 Å². The van der Waals surface area contributed by atoms with Crippen molar-refractivity contribution >= 4 is 11.6 Å². The van der Waals surface area contributed by atoms with Gasteiger partial charge in [0.25, 0.3) is 0 Å². The Morgan fingerprint density at radius 2 is 1.72 bits per heavy atom. The van der Waals surface area contributed by atoms with Gasteiger partial charge < -0.3 is 5.73 Å². The molecule has 0 bridgehead atoms. The molecular formula is C13H24N2O3. The maximum atomic E-state index is 10.8. The van der Waals surface area contributed by atoms with Gasteiger partial charge in [-0.25, -0.2) is 0 Å². The Morgan fingerprint density at radius 3 is 2.06 bits per heavy atom. The molecule has 5 heteroatoms. The zero-order chi connectivity index (χ0) is 14.7. The standard InChI is InChI=1S/C9H12N2O3.2C2H6/c1-2-6-3-4-7(9(10)12)5-8(6)11(13)14;2*1-2/h3-5,13-14H,2H2,1H3,(H2,10,12);2*1-2H3. The summed E-state index contributed by atoms with van der Waals surface area (Å²) in [6.45, 7) is 9.87. The van der Waals surface area contributed by atoms with Gasteiger partial charge in [0.1, 0.15) is 0 Å². The Morgan fingerprint density at radius 1 is 1.22 bits per heavy atom. The van der Waals surface area contributed by atoms with Crippen molar-refractivity contribution in [2.45, 2.75) is 41.0 Å². The van der Waals surface area contributed by atoms with Crippen LogP contribution in [0, 0.1) is 0 Å². The van der Waals surface area contributed by atoms with Gasteiger partial charge in [0.2, 0.25) is 5.91 Å². The van der Waals surface area contributed by atoms with Crippen molar-refractivity contribution in [3.8, 4) is 0 Å². The van der Waals surface area contributed by atoms with Crippen LogP contribution < -0.4 is 11.0 Å². The highest BCUT2D eigenvalue weighted by Gasteiger charge is 2.09. The fraction of sp³-hybridized carbons (Fsp3) is 0.462. The zero-order valence-corrected chi connectivity index (χ0v) is 11.8. The van der Waals surface area contributed by atoms with E-state index in [-0.39, 0.29) is 16.5 Å². The van der Waals surface area contributed by atoms with Crippen LogP contribution in [-0.4, -0.2) is 16.3 Å². The molecule has 0 fully saturated rings. The molecule has 18 heavy (non-hydrogen) atoms. The van der Waals surface area contributed by atoms with Crippen LogP contribution in [0.4, 0.5) is 5.69 Å². The predicted octanol–water partition coefficient (Wildman–Crippen LogP) is 2.99. The molecule has 1 aromatic carbocycles. The number of nitrogens with zero attached hydrogens (tertiary/aromatic N) is 1. The van der Waals surface area contributed by atoms with Crippen molar-refractivity contribution in [2.24, 2.45) is 5.73 Å². The van der Waals surface area contributed by atoms with Crippen LogP contribution in [0.25, 0.3) is 0 Å². The molecule has 4 N–H and O–H groups in total. The van der Waals surface area contributed by atoms with Crippen LogP contribution in [0.1, 0.15) is 50.5 Å². The van der Waals surface area contributed by atoms with E-state index in [0.29, 0.717) is 6.42 Å². The maximum absolute atomic E-state index is 10.8. The summed E-state index contributed by atoms with van der Waals surface area (Å²) < 4.78 is 0. The highest BCUT2D eigenvalue weighted by atomic mass is 16.8. The van der Waals surface area contributed by atoms with Crippen LogP contribution in [0.3, 0.4) is 0 Å². The Hall–Kier alpha value is -1.59. The third kappa shape index (κ3) is 5.65. The Kier molecular flexibility index (Phi) is 11.0. The number of carbonyl (C=O) groups is 1. The summed E-state index contributed by atoms with van der Waals surface area (Å²) in [7, 11) is 0. The van der Waals surface area contributed by atoms with E-state index in [1.54, 1.807) is 12.1 Å². The molecule has 104 valence electrons. The van der Waals surface area contributed by atoms with E-state index >= 15 is 0 Å². The van der Waals surface area contributed by atoms with Gasteiger partial charge in [0.05, 0.1) is 5.69 Å². The van der Waals surface area contributed by atoms with E-state index in [1.807, 2.05) is 34.6 Å². The summed E-state index contributed by atoms with van der Waals surface area (Å²) in [6, 6.07) is 4.52. The van der Waals surface area contributed by atoms with Crippen molar-refractivity contribution in [1.29, 1.82) is 0 Å². The smallest absolute Gasteiger partial charge is 0.248 e. The molecule has 0 radical (unpaired) electrons. The van der Waals surface area contributed by atoms with E-state index in [1.165, 1.54) is 6.07 Å². The molecule has 5 nitrogen and oxygen atoms in total. The second-order valence-corrected chi connectivity index (χ2v) is 2.85. The molecule has 0 spiro atoms. The SMILES string of the molecule is CC.CC.CCc1ccc(C(N)=O)cc1N(O)O. The molecule has 0 saturated carbocycles. The Bertz CT molecular complexity index is 352. The Balaban J connectivity index is 0. The van der Waals surface area contributed by atoms with Crippen molar-refractivity contribution in [2.75, 3.05) is 5.23 Å². The summed E-state index contributed by atoms with van der Waals surface area (Å²) in [6.07, 6.45) is 0.631. The lowest BCUT2D eigenvalue weighted by Gasteiger charge is -2.13. The summed E-state index contributed by atoms with van der Waals surface area (Å²) in [5, 5.41) is 17.7. The fourth-order valence-electron chi connectivity index (χ4n) is 1.20. The number of carbonyl (C=O) groups excluding carboxylic acids is 1. The number of hydrogen-bond acceptors (Lipinski definition) is 4. The number of aryl methyl sites for hydroxylation is 1. The highest BCUT2D eigenvalue weighted by molar-refractivity contribution is 5.93. The van der Waals surface area contributed by atoms with Crippen LogP contribution in [0.2, 0.25) is 0 Å². The van der Waals surface area contributed by atoms with Gasteiger partial charge in [-0.15, -0.1) is 5.23 Å². The average molecular weight is 256 g/mol. The van der Waals surface area contributed by atoms with E-state index in [0.717, 1.165) is 5.56 Å². The van der Waals surface area contributed by atoms with Gasteiger partial charge in [-0.2, -0.15) is 0 Å². The minimum Gasteiger partial charge on any atom is -0.366 e. The van der Waals surface area contributed by atoms with Crippen LogP contribution in [0.5, 0.6) is 0 Å². The van der Waals surface area contributed by atoms with E-state index in [4.69, 9.17) is 16.1 Å². The number of amides is 1. The first-order chi connectivity index (χ1) is 8.56. The summed E-state index contributed by atoms with van der Waals surface area (Å²) >= 11 is 0. The highest BCUT2D eigenvalue weighted by Crippen LogP contribution is 2.20. The number of benzene rings is 1. The monoisotopic (exact) mass is 256 g/mol. The molecular weight excluding hydrogens is 232 g/mol. The lowest BCUT2D eigenvalue weighted by atomic mass is 10.1. The van der Waals surface area contributed by atoms with Crippen molar-refractivity contribution < 1.29 is 15.2 Å². The summed E-state index contributed by atoms with van der Waals surface area (Å²) in [5.41, 5.74) is 6.19. The molecule has 0 unspecified atom stereocenters. The average Bonchev–Trinajstić information content (AvgIpc) is 2.42. The lowest BCUT2D eigenvalue weighted by Crippen LogP contribution is -2.16. The van der Waals surface area contributed by atoms with Crippen LogP contribution in [0.15, 0.2) is 18.2 Å². The first kappa shape index (κ1) is 18.8. The van der Waals surface area contributed by atoms with E-state index in [9.17, 15) is 4.79 Å². The molecule has 0 aromatic heterocycles. The second kappa shape index (κ2) is 10.6. The molecule has 1 rings (SSSR count). The number of rotatable bonds is 3. The fourth-order valence-corrected chi connectivity index (χ4v) is 1.20. The largest absolute Gasteiger partial charge is 0.366 e. The quantitative estimate of drug-likeness (QED) is 0.725. The molecule has 0 aliphatic carbocycles. The van der Waals surface area contributed by atoms with Crippen LogP contribution >= 0.6 is 0 Å². The molecule has 0 atom stereocenters. The normalized spacial score (nSPS) is 8.39. The first-order valence-corrected chi connectivity index (χ1v) is 6.17. The molecule has 0 heterocycles. The van der Waals surface area contributed by atoms with Gasteiger partial charge >= 0.3 is 0 Å². The van der Waals surface area contributed by atoms with Gasteiger partial charge in [0, 0.05) is 5.56 Å². The molecule has 0 aliphatic rings. The molecule has 0 aliphatic heterocycles. The predicted molar refractivity (Wildman–Crippen MR) is 73.1 cm³/mol. The molecule has 1 aromatic rings. The number of anilines is 1. The number of hydrogen-bond donors (Lipinski definition) is 3. The van der Waals surface area contributed by atoms with E-state index < -0.39 is 5.91 Å². The second-order valence-electron chi connectivity index (χ2n) is 2.85. The Labute approximate surface area is 109 Å². The van der Waals surface area contributed by atoms with Gasteiger partial charge in [-0.1, -0.05) is 40.7 Å². The first-order valence-electron chi connectivity index (χ1n) is 6.17. The van der Waals surface area contributed by atoms with Gasteiger partial charge in [-0.3, -0.25) is 15.2 Å². The summed E-state index contributed by atoms with van der Waals surface area (Å²) in [4.78, 5) is 10.8. The lowest BCUT2D eigenvalue weighted by molar-refractivity contribution is 0.0287. The number of nitrogens with two attached hydrogens (primary N) is 1. The molecule has 1 amide bonds. The zero-order valence-electron chi connectivity index (χ0n) is 11.8. The van der Waals surface area contributed by atoms with Crippen LogP contribution in [-0.2, 0) is 6.42 Å². The van der Waals surface area contributed by atoms with Crippen molar-refractivity contribution in [3.05, 3.63) is 29.3 Å². The molecule has 0 saturated heterocycles. The minimum atomic E-state index is -0.601. The van der Waals surface area contributed by atoms with Crippen molar-refractivity contribution in [1.82, 2.24) is 0 Å². The number of primary amides is 1. The summed E-state index contributed by atoms with van der Waals surface area (Å²) in [5.74, 6) is -0.601. The van der Waals surface area contributed by atoms with Crippen molar-refractivity contribution in [3.63, 3.8) is 0 Å². The minimum absolute atomic E-state index is 0.00866. The van der Waals surface area contributed by atoms with Gasteiger partial charge in [-0.05, 0) is 24.1 Å². The topological polar surface area (TPSA) is 86.8 Å². The third-order valence-corrected chi connectivity index (χ3v) is 1.97.